The summed E-state index contributed by atoms with van der Waals surface area (Å²) in [6, 6.07) is 16.5. The molecule has 0 N–H and O–H groups in total. The number of benzene rings is 3. The number of aryl methyl sites for hydroxylation is 1. The van der Waals surface area contributed by atoms with Crippen LogP contribution in [0.1, 0.15) is 30.5 Å². The molecular formula is C28H26F3N3O2. The van der Waals surface area contributed by atoms with E-state index in [0.29, 0.717) is 22.3 Å². The van der Waals surface area contributed by atoms with Crippen molar-refractivity contribution in [2.45, 2.75) is 33.2 Å². The summed E-state index contributed by atoms with van der Waals surface area (Å²) in [5.74, 6) is -3.39. The molecule has 0 fully saturated rings. The third-order valence-corrected chi connectivity index (χ3v) is 5.84. The maximum Gasteiger partial charge on any atom is 0.271 e. The van der Waals surface area contributed by atoms with Crippen LogP contribution in [0.5, 0.6) is 0 Å². The molecule has 0 atom stereocenters. The lowest BCUT2D eigenvalue weighted by atomic mass is 9.92. The summed E-state index contributed by atoms with van der Waals surface area (Å²) in [5.41, 5.74) is 3.03. The van der Waals surface area contributed by atoms with Crippen LogP contribution >= 0.6 is 0 Å². The number of halogens is 3. The van der Waals surface area contributed by atoms with Gasteiger partial charge < -0.3 is 4.52 Å². The molecule has 0 saturated carbocycles. The molecule has 0 amide bonds. The summed E-state index contributed by atoms with van der Waals surface area (Å²) in [6.07, 6.45) is 0. The SMILES string of the molecule is CC(=O)CN(C)Cc1ccc(-c2noc(-c3ccc(-c4ccccc4C)c(C(C)(F)F)c3)n2)cc1F. The van der Waals surface area contributed by atoms with Gasteiger partial charge in [0.25, 0.3) is 11.8 Å². The van der Waals surface area contributed by atoms with E-state index in [1.807, 2.05) is 25.1 Å². The molecule has 0 saturated heterocycles. The predicted molar refractivity (Wildman–Crippen MR) is 132 cm³/mol. The Morgan fingerprint density at radius 1 is 1.03 bits per heavy atom. The number of carbonyl (C=O) groups excluding carboxylic acids is 1. The monoisotopic (exact) mass is 493 g/mol. The van der Waals surface area contributed by atoms with Crippen molar-refractivity contribution < 1.29 is 22.5 Å². The largest absolute Gasteiger partial charge is 0.334 e. The van der Waals surface area contributed by atoms with E-state index in [-0.39, 0.29) is 36.2 Å². The average Bonchev–Trinajstić information content (AvgIpc) is 3.30. The zero-order valence-corrected chi connectivity index (χ0v) is 20.5. The van der Waals surface area contributed by atoms with Crippen molar-refractivity contribution in [2.75, 3.05) is 13.6 Å². The molecule has 0 radical (unpaired) electrons. The number of ketones is 1. The Balaban J connectivity index is 1.64. The molecule has 186 valence electrons. The zero-order valence-electron chi connectivity index (χ0n) is 20.5. The van der Waals surface area contributed by atoms with Crippen molar-refractivity contribution in [3.05, 3.63) is 83.2 Å². The highest BCUT2D eigenvalue weighted by molar-refractivity contribution is 5.77. The van der Waals surface area contributed by atoms with Gasteiger partial charge in [0.15, 0.2) is 0 Å². The summed E-state index contributed by atoms with van der Waals surface area (Å²) >= 11 is 0. The minimum atomic E-state index is -3.11. The van der Waals surface area contributed by atoms with Crippen LogP contribution in [0.15, 0.2) is 65.2 Å². The molecule has 8 heteroatoms. The Labute approximate surface area is 207 Å². The van der Waals surface area contributed by atoms with E-state index in [1.165, 1.54) is 19.1 Å². The first-order valence-corrected chi connectivity index (χ1v) is 11.4. The van der Waals surface area contributed by atoms with E-state index in [4.69, 9.17) is 4.52 Å². The Bertz CT molecular complexity index is 1410. The lowest BCUT2D eigenvalue weighted by molar-refractivity contribution is -0.117. The number of hydrogen-bond donors (Lipinski definition) is 0. The molecule has 0 aliphatic heterocycles. The van der Waals surface area contributed by atoms with E-state index in [1.54, 1.807) is 42.3 Å². The van der Waals surface area contributed by atoms with Crippen molar-refractivity contribution in [2.24, 2.45) is 0 Å². The predicted octanol–water partition coefficient (Wildman–Crippen LogP) is 6.65. The number of nitrogens with zero attached hydrogens (tertiary/aromatic N) is 3. The second-order valence-corrected chi connectivity index (χ2v) is 9.07. The van der Waals surface area contributed by atoms with Crippen molar-refractivity contribution in [1.29, 1.82) is 0 Å². The maximum absolute atomic E-state index is 14.7. The maximum atomic E-state index is 14.7. The van der Waals surface area contributed by atoms with Crippen molar-refractivity contribution in [3.63, 3.8) is 0 Å². The van der Waals surface area contributed by atoms with Crippen LogP contribution in [0.4, 0.5) is 13.2 Å². The van der Waals surface area contributed by atoms with Crippen LogP contribution in [0, 0.1) is 12.7 Å². The number of hydrogen-bond acceptors (Lipinski definition) is 5. The van der Waals surface area contributed by atoms with Crippen LogP contribution in [0.25, 0.3) is 34.0 Å². The number of aromatic nitrogens is 2. The van der Waals surface area contributed by atoms with E-state index < -0.39 is 11.7 Å². The second kappa shape index (κ2) is 10.1. The van der Waals surface area contributed by atoms with Gasteiger partial charge in [0.2, 0.25) is 5.82 Å². The standard InChI is InChI=1S/C28H26F3N3O2/c1-17-7-5-6-8-22(17)23-12-11-20(13-24(23)28(3,30)31)27-32-26(33-36-27)19-9-10-21(25(29)14-19)16-34(4)15-18(2)35/h5-14H,15-16H2,1-4H3. The van der Waals surface area contributed by atoms with Gasteiger partial charge in [-0.3, -0.25) is 9.69 Å². The Kier molecular flexibility index (Phi) is 7.08. The molecule has 4 rings (SSSR count). The molecule has 0 unspecified atom stereocenters. The molecule has 0 spiro atoms. The van der Waals surface area contributed by atoms with Crippen LogP contribution < -0.4 is 0 Å². The van der Waals surface area contributed by atoms with Gasteiger partial charge in [-0.1, -0.05) is 47.6 Å². The van der Waals surface area contributed by atoms with Gasteiger partial charge in [-0.15, -0.1) is 0 Å². The topological polar surface area (TPSA) is 59.2 Å². The first kappa shape index (κ1) is 25.3. The molecule has 4 aromatic rings. The van der Waals surface area contributed by atoms with Crippen molar-refractivity contribution in [1.82, 2.24) is 15.0 Å². The van der Waals surface area contributed by atoms with E-state index in [2.05, 4.69) is 10.1 Å². The summed E-state index contributed by atoms with van der Waals surface area (Å²) in [7, 11) is 1.73. The molecule has 1 heterocycles. The molecule has 3 aromatic carbocycles. The van der Waals surface area contributed by atoms with E-state index in [9.17, 15) is 18.0 Å². The van der Waals surface area contributed by atoms with Gasteiger partial charge in [0.1, 0.15) is 11.6 Å². The number of carbonyl (C=O) groups is 1. The number of likely N-dealkylation sites (N-methyl/N-ethyl adjacent to an activating group) is 1. The minimum absolute atomic E-state index is 0.00946. The fourth-order valence-electron chi connectivity index (χ4n) is 4.15. The fourth-order valence-corrected chi connectivity index (χ4v) is 4.15. The summed E-state index contributed by atoms with van der Waals surface area (Å²) in [6.45, 7) is 4.69. The highest BCUT2D eigenvalue weighted by Gasteiger charge is 2.29. The number of Topliss-reactive ketones (excluding diaryl/α,β-unsaturated/α-hetero) is 1. The minimum Gasteiger partial charge on any atom is -0.334 e. The zero-order chi connectivity index (χ0) is 26.0. The second-order valence-electron chi connectivity index (χ2n) is 9.07. The molecule has 0 aliphatic rings. The third-order valence-electron chi connectivity index (χ3n) is 5.84. The van der Waals surface area contributed by atoms with Crippen molar-refractivity contribution >= 4 is 5.78 Å². The molecule has 36 heavy (non-hydrogen) atoms. The Hall–Kier alpha value is -3.78. The number of rotatable bonds is 8. The van der Waals surface area contributed by atoms with Gasteiger partial charge in [-0.25, -0.2) is 13.2 Å². The molecular weight excluding hydrogens is 467 g/mol. The first-order valence-electron chi connectivity index (χ1n) is 11.4. The van der Waals surface area contributed by atoms with Gasteiger partial charge in [-0.05, 0) is 55.8 Å². The normalized spacial score (nSPS) is 11.8. The Morgan fingerprint density at radius 3 is 2.42 bits per heavy atom. The number of alkyl halides is 2. The summed E-state index contributed by atoms with van der Waals surface area (Å²) < 4.78 is 49.3. The van der Waals surface area contributed by atoms with E-state index >= 15 is 0 Å². The van der Waals surface area contributed by atoms with Crippen LogP contribution in [-0.2, 0) is 17.3 Å². The van der Waals surface area contributed by atoms with Gasteiger partial charge in [0.05, 0.1) is 6.54 Å². The summed E-state index contributed by atoms with van der Waals surface area (Å²) in [5, 5.41) is 3.93. The van der Waals surface area contributed by atoms with E-state index in [0.717, 1.165) is 18.1 Å². The van der Waals surface area contributed by atoms with Crippen molar-refractivity contribution in [3.8, 4) is 34.0 Å². The molecule has 1 aromatic heterocycles. The lowest BCUT2D eigenvalue weighted by Gasteiger charge is -2.18. The van der Waals surface area contributed by atoms with Crippen LogP contribution in [0.3, 0.4) is 0 Å². The average molecular weight is 494 g/mol. The quantitative estimate of drug-likeness (QED) is 0.275. The summed E-state index contributed by atoms with van der Waals surface area (Å²) in [4.78, 5) is 17.3. The van der Waals surface area contributed by atoms with Gasteiger partial charge in [0, 0.05) is 35.7 Å². The van der Waals surface area contributed by atoms with Crippen LogP contribution in [-0.4, -0.2) is 34.4 Å². The third kappa shape index (κ3) is 5.54. The smallest absolute Gasteiger partial charge is 0.271 e. The molecule has 0 aliphatic carbocycles. The van der Waals surface area contributed by atoms with Crippen LogP contribution in [0.2, 0.25) is 0 Å². The van der Waals surface area contributed by atoms with Gasteiger partial charge >= 0.3 is 0 Å². The van der Waals surface area contributed by atoms with Gasteiger partial charge in [-0.2, -0.15) is 4.98 Å². The molecule has 5 nitrogen and oxygen atoms in total. The fraction of sp³-hybridized carbons (Fsp3) is 0.250. The molecule has 0 bridgehead atoms. The lowest BCUT2D eigenvalue weighted by Crippen LogP contribution is -2.24. The Morgan fingerprint density at radius 2 is 1.75 bits per heavy atom. The highest BCUT2D eigenvalue weighted by atomic mass is 19.3. The highest BCUT2D eigenvalue weighted by Crippen LogP contribution is 2.39. The first-order chi connectivity index (χ1) is 17.0.